The zero-order valence-electron chi connectivity index (χ0n) is 11.2. The lowest BCUT2D eigenvalue weighted by Gasteiger charge is -2.15. The first-order chi connectivity index (χ1) is 8.45. The Bertz CT molecular complexity index is 432. The van der Waals surface area contributed by atoms with Crippen molar-refractivity contribution in [2.45, 2.75) is 19.9 Å². The Balaban J connectivity index is 0.00000324. The van der Waals surface area contributed by atoms with Gasteiger partial charge in [-0.05, 0) is 30.2 Å². The number of amides is 1. The number of nitrogens with two attached hydrogens (primary N) is 1. The lowest BCUT2D eigenvalue weighted by atomic mass is 10.0. The second kappa shape index (κ2) is 7.76. The third-order valence-corrected chi connectivity index (χ3v) is 2.59. The smallest absolute Gasteiger partial charge is 0.337 e. The number of esters is 1. The Hall–Kier alpha value is -1.59. The maximum Gasteiger partial charge on any atom is 0.337 e. The molecule has 1 rings (SSSR count). The Morgan fingerprint density at radius 1 is 1.21 bits per heavy atom. The van der Waals surface area contributed by atoms with Gasteiger partial charge in [-0.25, -0.2) is 4.79 Å². The van der Waals surface area contributed by atoms with E-state index in [4.69, 9.17) is 5.73 Å². The van der Waals surface area contributed by atoms with Crippen molar-refractivity contribution in [1.82, 2.24) is 0 Å². The fourth-order valence-corrected chi connectivity index (χ4v) is 1.34. The number of nitrogens with one attached hydrogen (secondary N) is 1. The lowest BCUT2D eigenvalue weighted by molar-refractivity contribution is -0.118. The predicted molar refractivity (Wildman–Crippen MR) is 76.5 cm³/mol. The average Bonchev–Trinajstić information content (AvgIpc) is 2.37. The van der Waals surface area contributed by atoms with Crippen LogP contribution in [0, 0.1) is 5.92 Å². The first-order valence-electron chi connectivity index (χ1n) is 5.70. The van der Waals surface area contributed by atoms with Crippen LogP contribution in [0.25, 0.3) is 0 Å². The Morgan fingerprint density at radius 3 is 2.16 bits per heavy atom. The highest BCUT2D eigenvalue weighted by atomic mass is 35.5. The van der Waals surface area contributed by atoms with Crippen LogP contribution in [-0.2, 0) is 9.53 Å². The third-order valence-electron chi connectivity index (χ3n) is 2.59. The van der Waals surface area contributed by atoms with Crippen LogP contribution in [0.1, 0.15) is 24.2 Å². The summed E-state index contributed by atoms with van der Waals surface area (Å²) in [5.74, 6) is -0.582. The molecule has 0 saturated heterocycles. The van der Waals surface area contributed by atoms with Crippen LogP contribution < -0.4 is 11.1 Å². The second-order valence-corrected chi connectivity index (χ2v) is 4.33. The molecule has 0 aliphatic heterocycles. The van der Waals surface area contributed by atoms with Crippen LogP contribution in [-0.4, -0.2) is 25.0 Å². The minimum absolute atomic E-state index is 0. The van der Waals surface area contributed by atoms with E-state index in [1.807, 2.05) is 13.8 Å². The van der Waals surface area contributed by atoms with Crippen molar-refractivity contribution >= 4 is 30.0 Å². The summed E-state index contributed by atoms with van der Waals surface area (Å²) in [7, 11) is 1.32. The molecule has 0 aromatic heterocycles. The molecule has 0 saturated carbocycles. The molecule has 1 atom stereocenters. The van der Waals surface area contributed by atoms with Gasteiger partial charge in [-0.15, -0.1) is 12.4 Å². The molecule has 0 spiro atoms. The van der Waals surface area contributed by atoms with Gasteiger partial charge in [0.2, 0.25) is 5.91 Å². The van der Waals surface area contributed by atoms with Gasteiger partial charge in [0, 0.05) is 5.69 Å². The van der Waals surface area contributed by atoms with Crippen LogP contribution in [0.4, 0.5) is 5.69 Å². The van der Waals surface area contributed by atoms with Crippen molar-refractivity contribution in [3.63, 3.8) is 0 Å². The average molecular weight is 287 g/mol. The minimum Gasteiger partial charge on any atom is -0.465 e. The van der Waals surface area contributed by atoms with Crippen LogP contribution in [0.15, 0.2) is 24.3 Å². The predicted octanol–water partition coefficient (Wildman–Crippen LogP) is 1.82. The van der Waals surface area contributed by atoms with Gasteiger partial charge in [0.1, 0.15) is 0 Å². The zero-order chi connectivity index (χ0) is 13.7. The highest BCUT2D eigenvalue weighted by molar-refractivity contribution is 5.95. The van der Waals surface area contributed by atoms with Crippen LogP contribution in [0.3, 0.4) is 0 Å². The Morgan fingerprint density at radius 2 is 1.74 bits per heavy atom. The molecule has 0 heterocycles. The monoisotopic (exact) mass is 286 g/mol. The quantitative estimate of drug-likeness (QED) is 0.827. The molecule has 106 valence electrons. The van der Waals surface area contributed by atoms with E-state index in [1.165, 1.54) is 7.11 Å². The molecule has 1 aromatic carbocycles. The Labute approximate surface area is 118 Å². The molecule has 0 bridgehead atoms. The van der Waals surface area contributed by atoms with Gasteiger partial charge in [-0.3, -0.25) is 4.79 Å². The van der Waals surface area contributed by atoms with Gasteiger partial charge in [-0.2, -0.15) is 0 Å². The van der Waals surface area contributed by atoms with E-state index in [9.17, 15) is 9.59 Å². The summed E-state index contributed by atoms with van der Waals surface area (Å²) in [6.45, 7) is 3.76. The van der Waals surface area contributed by atoms with Crippen LogP contribution in [0.5, 0.6) is 0 Å². The molecule has 19 heavy (non-hydrogen) atoms. The van der Waals surface area contributed by atoms with Gasteiger partial charge in [0.15, 0.2) is 0 Å². The first kappa shape index (κ1) is 17.4. The summed E-state index contributed by atoms with van der Waals surface area (Å²) in [6.07, 6.45) is 0. The highest BCUT2D eigenvalue weighted by Gasteiger charge is 2.17. The topological polar surface area (TPSA) is 81.4 Å². The molecule has 0 radical (unpaired) electrons. The number of carbonyl (C=O) groups excluding carboxylic acids is 2. The van der Waals surface area contributed by atoms with Crippen molar-refractivity contribution in [2.24, 2.45) is 11.7 Å². The van der Waals surface area contributed by atoms with Crippen molar-refractivity contribution in [2.75, 3.05) is 12.4 Å². The summed E-state index contributed by atoms with van der Waals surface area (Å²) < 4.78 is 4.58. The fraction of sp³-hybridized carbons (Fsp3) is 0.385. The van der Waals surface area contributed by atoms with Gasteiger partial charge >= 0.3 is 5.97 Å². The van der Waals surface area contributed by atoms with E-state index < -0.39 is 12.0 Å². The van der Waals surface area contributed by atoms with Crippen molar-refractivity contribution in [3.8, 4) is 0 Å². The lowest BCUT2D eigenvalue weighted by Crippen LogP contribution is -2.39. The summed E-state index contributed by atoms with van der Waals surface area (Å²) in [6, 6.07) is 5.89. The number of anilines is 1. The maximum atomic E-state index is 11.7. The van der Waals surface area contributed by atoms with Crippen molar-refractivity contribution in [3.05, 3.63) is 29.8 Å². The maximum absolute atomic E-state index is 11.7. The molecule has 1 aromatic rings. The number of hydrogen-bond donors (Lipinski definition) is 2. The van der Waals surface area contributed by atoms with E-state index in [2.05, 4.69) is 10.1 Å². The second-order valence-electron chi connectivity index (χ2n) is 4.33. The molecule has 0 aliphatic carbocycles. The number of carbonyl (C=O) groups is 2. The summed E-state index contributed by atoms with van der Waals surface area (Å²) in [5.41, 5.74) is 6.76. The summed E-state index contributed by atoms with van der Waals surface area (Å²) in [4.78, 5) is 22.9. The SMILES string of the molecule is COC(=O)c1ccc(NC(=O)[C@@H](N)C(C)C)cc1.Cl. The number of rotatable bonds is 4. The van der Waals surface area contributed by atoms with Crippen molar-refractivity contribution < 1.29 is 14.3 Å². The number of ether oxygens (including phenoxy) is 1. The van der Waals surface area contributed by atoms with E-state index in [0.29, 0.717) is 11.3 Å². The largest absolute Gasteiger partial charge is 0.465 e. The van der Waals surface area contributed by atoms with Crippen LogP contribution >= 0.6 is 12.4 Å². The van der Waals surface area contributed by atoms with Gasteiger partial charge in [0.05, 0.1) is 18.7 Å². The number of halogens is 1. The molecule has 0 aliphatic rings. The van der Waals surface area contributed by atoms with Gasteiger partial charge in [-0.1, -0.05) is 13.8 Å². The fourth-order valence-electron chi connectivity index (χ4n) is 1.34. The van der Waals surface area contributed by atoms with E-state index in [-0.39, 0.29) is 24.2 Å². The summed E-state index contributed by atoms with van der Waals surface area (Å²) in [5, 5.41) is 2.69. The first-order valence-corrected chi connectivity index (χ1v) is 5.70. The molecular weight excluding hydrogens is 268 g/mol. The molecule has 6 heteroatoms. The standard InChI is InChI=1S/C13H18N2O3.ClH/c1-8(2)11(14)12(16)15-10-6-4-9(5-7-10)13(17)18-3;/h4-8,11H,14H2,1-3H3,(H,15,16);1H/t11-;/m0./s1. The zero-order valence-corrected chi connectivity index (χ0v) is 12.0. The third kappa shape index (κ3) is 4.89. The molecular formula is C13H19ClN2O3. The van der Waals surface area contributed by atoms with Crippen LogP contribution in [0.2, 0.25) is 0 Å². The van der Waals surface area contributed by atoms with Gasteiger partial charge < -0.3 is 15.8 Å². The molecule has 0 fully saturated rings. The van der Waals surface area contributed by atoms with E-state index >= 15 is 0 Å². The molecule has 5 nitrogen and oxygen atoms in total. The highest BCUT2D eigenvalue weighted by Crippen LogP contribution is 2.11. The molecule has 3 N–H and O–H groups in total. The molecule has 0 unspecified atom stereocenters. The number of benzene rings is 1. The Kier molecular flexibility index (Phi) is 7.11. The van der Waals surface area contributed by atoms with Gasteiger partial charge in [0.25, 0.3) is 0 Å². The van der Waals surface area contributed by atoms with E-state index in [1.54, 1.807) is 24.3 Å². The van der Waals surface area contributed by atoms with Crippen molar-refractivity contribution in [1.29, 1.82) is 0 Å². The van der Waals surface area contributed by atoms with E-state index in [0.717, 1.165) is 0 Å². The normalized spacial score (nSPS) is 11.4. The number of hydrogen-bond acceptors (Lipinski definition) is 4. The number of methoxy groups -OCH3 is 1. The summed E-state index contributed by atoms with van der Waals surface area (Å²) >= 11 is 0. The minimum atomic E-state index is -0.551. The molecule has 1 amide bonds.